The van der Waals surface area contributed by atoms with Gasteiger partial charge in [0, 0.05) is 24.4 Å². The molecule has 0 amide bonds. The summed E-state index contributed by atoms with van der Waals surface area (Å²) in [6.07, 6.45) is 1.87. The van der Waals surface area contributed by atoms with Gasteiger partial charge in [-0.05, 0) is 5.56 Å². The zero-order valence-electron chi connectivity index (χ0n) is 11.2. The van der Waals surface area contributed by atoms with Crippen LogP contribution in [0.15, 0.2) is 66.9 Å². The molecule has 0 fully saturated rings. The highest BCUT2D eigenvalue weighted by Gasteiger charge is 2.10. The minimum Gasteiger partial charge on any atom is -0.357 e. The molecule has 3 heteroatoms. The lowest BCUT2D eigenvalue weighted by molar-refractivity contribution is 1.16. The Kier molecular flexibility index (Phi) is 3.42. The molecule has 3 aromatic rings. The average molecular weight is 261 g/mol. The summed E-state index contributed by atoms with van der Waals surface area (Å²) >= 11 is 0. The molecular formula is C17H15N3. The third kappa shape index (κ3) is 2.38. The summed E-state index contributed by atoms with van der Waals surface area (Å²) in [4.78, 5) is 8.95. The van der Waals surface area contributed by atoms with Crippen molar-refractivity contribution < 1.29 is 0 Å². The summed E-state index contributed by atoms with van der Waals surface area (Å²) in [6.45, 7) is 0. The van der Waals surface area contributed by atoms with Gasteiger partial charge < -0.3 is 5.32 Å². The molecule has 0 unspecified atom stereocenters. The van der Waals surface area contributed by atoms with E-state index in [9.17, 15) is 0 Å². The number of anilines is 1. The van der Waals surface area contributed by atoms with E-state index in [1.165, 1.54) is 0 Å². The van der Waals surface area contributed by atoms with Gasteiger partial charge >= 0.3 is 0 Å². The minimum absolute atomic E-state index is 0.628. The maximum atomic E-state index is 4.62. The van der Waals surface area contributed by atoms with Gasteiger partial charge in [-0.3, -0.25) is 0 Å². The van der Waals surface area contributed by atoms with E-state index in [0.717, 1.165) is 22.4 Å². The van der Waals surface area contributed by atoms with Crippen molar-refractivity contribution in [1.82, 2.24) is 9.97 Å². The van der Waals surface area contributed by atoms with Gasteiger partial charge in [0.1, 0.15) is 0 Å². The van der Waals surface area contributed by atoms with Crippen LogP contribution in [0.5, 0.6) is 0 Å². The monoisotopic (exact) mass is 261 g/mol. The molecule has 3 nitrogen and oxygen atoms in total. The van der Waals surface area contributed by atoms with E-state index < -0.39 is 0 Å². The molecule has 1 N–H and O–H groups in total. The highest BCUT2D eigenvalue weighted by Crippen LogP contribution is 2.30. The van der Waals surface area contributed by atoms with E-state index in [4.69, 9.17) is 0 Å². The molecule has 20 heavy (non-hydrogen) atoms. The Morgan fingerprint density at radius 3 is 2.00 bits per heavy atom. The van der Waals surface area contributed by atoms with Crippen molar-refractivity contribution in [3.8, 4) is 22.4 Å². The third-order valence-electron chi connectivity index (χ3n) is 3.14. The van der Waals surface area contributed by atoms with Crippen molar-refractivity contribution in [2.45, 2.75) is 0 Å². The molecular weight excluding hydrogens is 246 g/mol. The quantitative estimate of drug-likeness (QED) is 0.778. The number of aromatic nitrogens is 2. The maximum Gasteiger partial charge on any atom is 0.222 e. The summed E-state index contributed by atoms with van der Waals surface area (Å²) in [5.74, 6) is 0.628. The van der Waals surface area contributed by atoms with Gasteiger partial charge in [-0.2, -0.15) is 0 Å². The zero-order valence-corrected chi connectivity index (χ0v) is 11.2. The molecule has 0 aliphatic carbocycles. The lowest BCUT2D eigenvalue weighted by atomic mass is 10.0. The molecule has 0 atom stereocenters. The molecule has 0 saturated carbocycles. The zero-order chi connectivity index (χ0) is 13.8. The predicted octanol–water partition coefficient (Wildman–Crippen LogP) is 3.85. The van der Waals surface area contributed by atoms with Crippen molar-refractivity contribution in [3.63, 3.8) is 0 Å². The van der Waals surface area contributed by atoms with E-state index >= 15 is 0 Å². The maximum absolute atomic E-state index is 4.62. The van der Waals surface area contributed by atoms with E-state index in [0.29, 0.717) is 5.95 Å². The van der Waals surface area contributed by atoms with Crippen LogP contribution in [0.4, 0.5) is 5.95 Å². The second kappa shape index (κ2) is 5.53. The summed E-state index contributed by atoms with van der Waals surface area (Å²) in [5, 5.41) is 2.99. The van der Waals surface area contributed by atoms with Gasteiger partial charge in [0.15, 0.2) is 0 Å². The first-order chi connectivity index (χ1) is 9.88. The molecule has 0 radical (unpaired) electrons. The van der Waals surface area contributed by atoms with Crippen LogP contribution in [0.1, 0.15) is 0 Å². The molecule has 0 saturated heterocycles. The van der Waals surface area contributed by atoms with Crippen molar-refractivity contribution in [2.75, 3.05) is 12.4 Å². The van der Waals surface area contributed by atoms with E-state index in [1.54, 1.807) is 0 Å². The molecule has 0 aliphatic heterocycles. The Hall–Kier alpha value is -2.68. The first-order valence-electron chi connectivity index (χ1n) is 6.54. The molecule has 1 aromatic heterocycles. The molecule has 0 bridgehead atoms. The Bertz CT molecular complexity index is 694. The Morgan fingerprint density at radius 2 is 1.40 bits per heavy atom. The molecule has 2 aromatic carbocycles. The van der Waals surface area contributed by atoms with Crippen LogP contribution in [-0.4, -0.2) is 17.0 Å². The SMILES string of the molecule is CNc1ncc(-c2ccccc2)c(-c2ccccc2)n1. The van der Waals surface area contributed by atoms with Gasteiger partial charge in [-0.15, -0.1) is 0 Å². The number of nitrogens with zero attached hydrogens (tertiary/aromatic N) is 2. The van der Waals surface area contributed by atoms with Crippen molar-refractivity contribution in [2.24, 2.45) is 0 Å². The molecule has 1 heterocycles. The highest BCUT2D eigenvalue weighted by molar-refractivity contribution is 5.80. The molecule has 0 aliphatic rings. The van der Waals surface area contributed by atoms with Crippen LogP contribution >= 0.6 is 0 Å². The van der Waals surface area contributed by atoms with Gasteiger partial charge in [0.25, 0.3) is 0 Å². The lowest BCUT2D eigenvalue weighted by Gasteiger charge is -2.10. The number of hydrogen-bond donors (Lipinski definition) is 1. The minimum atomic E-state index is 0.628. The lowest BCUT2D eigenvalue weighted by Crippen LogP contribution is -1.99. The van der Waals surface area contributed by atoms with Crippen LogP contribution in [0.3, 0.4) is 0 Å². The molecule has 0 spiro atoms. The fourth-order valence-electron chi connectivity index (χ4n) is 2.15. The third-order valence-corrected chi connectivity index (χ3v) is 3.14. The van der Waals surface area contributed by atoms with Gasteiger partial charge in [-0.1, -0.05) is 60.7 Å². The van der Waals surface area contributed by atoms with Crippen LogP contribution in [0.25, 0.3) is 22.4 Å². The van der Waals surface area contributed by atoms with Crippen LogP contribution in [0, 0.1) is 0 Å². The summed E-state index contributed by atoms with van der Waals surface area (Å²) < 4.78 is 0. The molecule has 98 valence electrons. The number of hydrogen-bond acceptors (Lipinski definition) is 3. The van der Waals surface area contributed by atoms with Crippen molar-refractivity contribution >= 4 is 5.95 Å². The van der Waals surface area contributed by atoms with Gasteiger partial charge in [-0.25, -0.2) is 9.97 Å². The van der Waals surface area contributed by atoms with Crippen LogP contribution < -0.4 is 5.32 Å². The standard InChI is InChI=1S/C17H15N3/c1-18-17-19-12-15(13-8-4-2-5-9-13)16(20-17)14-10-6-3-7-11-14/h2-12H,1H3,(H,18,19,20). The number of rotatable bonds is 3. The number of nitrogens with one attached hydrogen (secondary N) is 1. The van der Waals surface area contributed by atoms with E-state index in [1.807, 2.05) is 49.6 Å². The summed E-state index contributed by atoms with van der Waals surface area (Å²) in [7, 11) is 1.83. The fourth-order valence-corrected chi connectivity index (χ4v) is 2.15. The first-order valence-corrected chi connectivity index (χ1v) is 6.54. The summed E-state index contributed by atoms with van der Waals surface area (Å²) in [5.41, 5.74) is 4.19. The van der Waals surface area contributed by atoms with E-state index in [2.05, 4.69) is 39.6 Å². The topological polar surface area (TPSA) is 37.8 Å². The Labute approximate surface area is 118 Å². The van der Waals surface area contributed by atoms with Crippen LogP contribution in [-0.2, 0) is 0 Å². The molecule has 3 rings (SSSR count). The second-order valence-corrected chi connectivity index (χ2v) is 4.44. The second-order valence-electron chi connectivity index (χ2n) is 4.44. The predicted molar refractivity (Wildman–Crippen MR) is 82.5 cm³/mol. The van der Waals surface area contributed by atoms with Crippen molar-refractivity contribution in [3.05, 3.63) is 66.9 Å². The first kappa shape index (κ1) is 12.4. The Balaban J connectivity index is 2.20. The Morgan fingerprint density at radius 1 is 0.800 bits per heavy atom. The normalized spacial score (nSPS) is 10.2. The smallest absolute Gasteiger partial charge is 0.222 e. The number of benzene rings is 2. The largest absolute Gasteiger partial charge is 0.357 e. The highest BCUT2D eigenvalue weighted by atomic mass is 15.1. The average Bonchev–Trinajstić information content (AvgIpc) is 2.56. The van der Waals surface area contributed by atoms with E-state index in [-0.39, 0.29) is 0 Å². The fraction of sp³-hybridized carbons (Fsp3) is 0.0588. The van der Waals surface area contributed by atoms with Gasteiger partial charge in [0.2, 0.25) is 5.95 Å². The summed E-state index contributed by atoms with van der Waals surface area (Å²) in [6, 6.07) is 20.4. The van der Waals surface area contributed by atoms with Crippen LogP contribution in [0.2, 0.25) is 0 Å². The van der Waals surface area contributed by atoms with Gasteiger partial charge in [0.05, 0.1) is 5.69 Å². The van der Waals surface area contributed by atoms with Crippen molar-refractivity contribution in [1.29, 1.82) is 0 Å².